The summed E-state index contributed by atoms with van der Waals surface area (Å²) in [5.41, 5.74) is 6.90. The molecule has 6 atom stereocenters. The largest absolute Gasteiger partial charge is 0.0852 e. The molecule has 1 fully saturated rings. The fourth-order valence-electron chi connectivity index (χ4n) is 8.32. The van der Waals surface area contributed by atoms with Crippen molar-refractivity contribution in [3.63, 3.8) is 0 Å². The molecule has 4 aliphatic rings. The lowest BCUT2D eigenvalue weighted by Crippen LogP contribution is -2.47. The summed E-state index contributed by atoms with van der Waals surface area (Å²) < 4.78 is 0. The molecule has 0 saturated heterocycles. The summed E-state index contributed by atoms with van der Waals surface area (Å²) in [6.07, 6.45) is 18.8. The highest BCUT2D eigenvalue weighted by atomic mass is 14.6. The zero-order valence-corrected chi connectivity index (χ0v) is 21.3. The van der Waals surface area contributed by atoms with Gasteiger partial charge in [0.2, 0.25) is 0 Å². The Hall–Kier alpha value is -0.780. The summed E-state index contributed by atoms with van der Waals surface area (Å²) in [7, 11) is 0. The highest BCUT2D eigenvalue weighted by Gasteiger charge is 2.55. The van der Waals surface area contributed by atoms with Crippen LogP contribution in [-0.2, 0) is 0 Å². The molecule has 0 amide bonds. The standard InChI is InChI=1S/C30H48/c1-20(2)21(3)10-11-22(4)24-13-14-25-23-12-15-27-28(5,6)17-9-18-30(27,8)26(23)16-19-29(24,25)7/h10-11,14,20-22,24,27H,9,12-13,15-19H2,1-8H3/t21-,22+,24+,27-,29+,30+/m0/s1. The van der Waals surface area contributed by atoms with E-state index in [4.69, 9.17) is 0 Å². The van der Waals surface area contributed by atoms with Gasteiger partial charge in [0.05, 0.1) is 0 Å². The quantitative estimate of drug-likeness (QED) is 0.407. The number of hydrogen-bond donors (Lipinski definition) is 0. The Morgan fingerprint density at radius 2 is 1.63 bits per heavy atom. The first-order valence-corrected chi connectivity index (χ1v) is 13.1. The molecule has 1 saturated carbocycles. The Balaban J connectivity index is 1.61. The van der Waals surface area contributed by atoms with Crippen LogP contribution in [0.5, 0.6) is 0 Å². The van der Waals surface area contributed by atoms with Crippen molar-refractivity contribution in [1.29, 1.82) is 0 Å². The van der Waals surface area contributed by atoms with Gasteiger partial charge in [0.1, 0.15) is 0 Å². The molecular weight excluding hydrogens is 360 g/mol. The maximum Gasteiger partial charge on any atom is -0.00360 e. The molecule has 0 aromatic rings. The maximum absolute atomic E-state index is 2.69. The van der Waals surface area contributed by atoms with Crippen LogP contribution in [0.1, 0.15) is 107 Å². The minimum atomic E-state index is 0.400. The summed E-state index contributed by atoms with van der Waals surface area (Å²) >= 11 is 0. The third-order valence-electron chi connectivity index (χ3n) is 10.6. The molecule has 0 radical (unpaired) electrons. The van der Waals surface area contributed by atoms with Crippen molar-refractivity contribution in [2.45, 2.75) is 107 Å². The SMILES string of the molecule is CC(C)[C@@H](C)C=C[C@@H](C)[C@H]1CC=C2C3=C(CC[C@@]21C)[C@@]1(C)CCCC(C)(C)[C@@H]1CC3. The van der Waals surface area contributed by atoms with Gasteiger partial charge in [-0.05, 0) is 102 Å². The highest BCUT2D eigenvalue weighted by molar-refractivity contribution is 5.49. The number of allylic oxidation sites excluding steroid dienone is 6. The number of rotatable bonds is 4. The topological polar surface area (TPSA) is 0 Å². The Kier molecular flexibility index (Phi) is 5.73. The summed E-state index contributed by atoms with van der Waals surface area (Å²) in [4.78, 5) is 0. The summed E-state index contributed by atoms with van der Waals surface area (Å²) in [5.74, 6) is 3.76. The van der Waals surface area contributed by atoms with Gasteiger partial charge in [-0.25, -0.2) is 0 Å². The second kappa shape index (κ2) is 7.67. The van der Waals surface area contributed by atoms with Crippen molar-refractivity contribution in [2.75, 3.05) is 0 Å². The zero-order valence-electron chi connectivity index (χ0n) is 21.3. The molecule has 0 heterocycles. The monoisotopic (exact) mass is 408 g/mol. The van der Waals surface area contributed by atoms with Crippen LogP contribution in [0.25, 0.3) is 0 Å². The average Bonchev–Trinajstić information content (AvgIpc) is 3.02. The van der Waals surface area contributed by atoms with Crippen LogP contribution in [-0.4, -0.2) is 0 Å². The molecule has 0 N–H and O–H groups in total. The molecule has 4 aliphatic carbocycles. The summed E-state index contributed by atoms with van der Waals surface area (Å²) in [6.45, 7) is 19.9. The van der Waals surface area contributed by atoms with E-state index >= 15 is 0 Å². The van der Waals surface area contributed by atoms with Crippen LogP contribution < -0.4 is 0 Å². The Bertz CT molecular complexity index is 759. The van der Waals surface area contributed by atoms with Gasteiger partial charge in [-0.15, -0.1) is 0 Å². The van der Waals surface area contributed by atoms with Crippen molar-refractivity contribution in [3.8, 4) is 0 Å². The van der Waals surface area contributed by atoms with Crippen LogP contribution in [0.3, 0.4) is 0 Å². The first kappa shape index (κ1) is 22.4. The molecule has 0 unspecified atom stereocenters. The lowest BCUT2D eigenvalue weighted by Gasteiger charge is -2.58. The third kappa shape index (κ3) is 3.40. The minimum absolute atomic E-state index is 0.400. The van der Waals surface area contributed by atoms with Gasteiger partial charge in [0, 0.05) is 0 Å². The second-order valence-corrected chi connectivity index (χ2v) is 13.0. The van der Waals surface area contributed by atoms with Crippen LogP contribution >= 0.6 is 0 Å². The van der Waals surface area contributed by atoms with Crippen molar-refractivity contribution < 1.29 is 0 Å². The number of hydrogen-bond acceptors (Lipinski definition) is 0. The lowest BCUT2D eigenvalue weighted by atomic mass is 9.47. The Morgan fingerprint density at radius 3 is 2.33 bits per heavy atom. The van der Waals surface area contributed by atoms with Gasteiger partial charge in [0.15, 0.2) is 0 Å². The van der Waals surface area contributed by atoms with Crippen molar-refractivity contribution in [2.24, 2.45) is 45.8 Å². The van der Waals surface area contributed by atoms with E-state index in [2.05, 4.69) is 73.6 Å². The van der Waals surface area contributed by atoms with Crippen molar-refractivity contribution >= 4 is 0 Å². The predicted molar refractivity (Wildman–Crippen MR) is 131 cm³/mol. The molecule has 0 aromatic carbocycles. The lowest BCUT2D eigenvalue weighted by molar-refractivity contribution is 0.00630. The third-order valence-corrected chi connectivity index (χ3v) is 10.6. The van der Waals surface area contributed by atoms with E-state index < -0.39 is 0 Å². The van der Waals surface area contributed by atoms with Gasteiger partial charge in [0.25, 0.3) is 0 Å². The van der Waals surface area contributed by atoms with Crippen LogP contribution in [0.2, 0.25) is 0 Å². The molecule has 4 rings (SSSR count). The van der Waals surface area contributed by atoms with Crippen molar-refractivity contribution in [3.05, 3.63) is 34.9 Å². The average molecular weight is 409 g/mol. The van der Waals surface area contributed by atoms with E-state index in [0.717, 1.165) is 17.8 Å². The van der Waals surface area contributed by atoms with Crippen LogP contribution in [0, 0.1) is 45.8 Å². The zero-order chi connectivity index (χ0) is 21.9. The summed E-state index contributed by atoms with van der Waals surface area (Å²) in [6, 6.07) is 0. The van der Waals surface area contributed by atoms with E-state index in [0.29, 0.717) is 28.1 Å². The molecule has 0 aliphatic heterocycles. The highest BCUT2D eigenvalue weighted by Crippen LogP contribution is 2.66. The van der Waals surface area contributed by atoms with Gasteiger partial charge in [-0.1, -0.05) is 85.6 Å². The maximum atomic E-state index is 2.69. The fourth-order valence-corrected chi connectivity index (χ4v) is 8.32. The molecular formula is C30H48. The molecule has 0 heteroatoms. The molecule has 30 heavy (non-hydrogen) atoms. The van der Waals surface area contributed by atoms with E-state index in [1.807, 2.05) is 11.1 Å². The molecule has 0 aromatic heterocycles. The van der Waals surface area contributed by atoms with E-state index in [1.165, 1.54) is 51.4 Å². The fraction of sp³-hybridized carbons (Fsp3) is 0.800. The van der Waals surface area contributed by atoms with Crippen LogP contribution in [0.15, 0.2) is 34.9 Å². The van der Waals surface area contributed by atoms with E-state index in [9.17, 15) is 0 Å². The molecule has 0 bridgehead atoms. The van der Waals surface area contributed by atoms with Gasteiger partial charge in [-0.3, -0.25) is 0 Å². The van der Waals surface area contributed by atoms with Gasteiger partial charge < -0.3 is 0 Å². The smallest absolute Gasteiger partial charge is 0.00360 e. The van der Waals surface area contributed by atoms with Crippen LogP contribution in [0.4, 0.5) is 0 Å². The van der Waals surface area contributed by atoms with Gasteiger partial charge in [-0.2, -0.15) is 0 Å². The van der Waals surface area contributed by atoms with E-state index in [-0.39, 0.29) is 0 Å². The summed E-state index contributed by atoms with van der Waals surface area (Å²) in [5, 5.41) is 0. The predicted octanol–water partition coefficient (Wildman–Crippen LogP) is 9.14. The van der Waals surface area contributed by atoms with E-state index in [1.54, 1.807) is 5.57 Å². The number of fused-ring (bicyclic) bond motifs is 4. The first-order valence-electron chi connectivity index (χ1n) is 13.1. The van der Waals surface area contributed by atoms with Gasteiger partial charge >= 0.3 is 0 Å². The minimum Gasteiger partial charge on any atom is -0.0852 e. The Labute approximate surface area is 187 Å². The Morgan fingerprint density at radius 1 is 0.900 bits per heavy atom. The normalized spacial score (nSPS) is 40.1. The molecule has 0 nitrogen and oxygen atoms in total. The second-order valence-electron chi connectivity index (χ2n) is 13.0. The van der Waals surface area contributed by atoms with Crippen molar-refractivity contribution in [1.82, 2.24) is 0 Å². The molecule has 0 spiro atoms. The first-order chi connectivity index (χ1) is 14.0. The molecule has 168 valence electrons.